The van der Waals surface area contributed by atoms with E-state index in [9.17, 15) is 9.59 Å². The van der Waals surface area contributed by atoms with Crippen LogP contribution in [0.25, 0.3) is 6.08 Å². The van der Waals surface area contributed by atoms with Crippen LogP contribution >= 0.6 is 11.8 Å². The van der Waals surface area contributed by atoms with Crippen LogP contribution in [0.15, 0.2) is 35.2 Å². The van der Waals surface area contributed by atoms with Gasteiger partial charge in [0.2, 0.25) is 0 Å². The summed E-state index contributed by atoms with van der Waals surface area (Å²) in [6.45, 7) is 1.62. The molecule has 0 aliphatic heterocycles. The Morgan fingerprint density at radius 3 is 2.40 bits per heavy atom. The molecule has 0 aromatic heterocycles. The molecule has 1 fully saturated rings. The van der Waals surface area contributed by atoms with Crippen molar-refractivity contribution >= 4 is 29.7 Å². The highest BCUT2D eigenvalue weighted by Gasteiger charge is 2.21. The zero-order valence-corrected chi connectivity index (χ0v) is 15.8. The maximum absolute atomic E-state index is 12.2. The van der Waals surface area contributed by atoms with E-state index in [0.717, 1.165) is 31.2 Å². The summed E-state index contributed by atoms with van der Waals surface area (Å²) in [5.74, 6) is -0.713. The first-order valence-corrected chi connectivity index (χ1v) is 10.1. The molecule has 4 nitrogen and oxygen atoms in total. The lowest BCUT2D eigenvalue weighted by Crippen LogP contribution is -2.41. The van der Waals surface area contributed by atoms with Gasteiger partial charge in [0.1, 0.15) is 0 Å². The van der Waals surface area contributed by atoms with Crippen molar-refractivity contribution in [2.24, 2.45) is 0 Å². The minimum Gasteiger partial charge on any atom is -0.449 e. The zero-order valence-electron chi connectivity index (χ0n) is 15.0. The van der Waals surface area contributed by atoms with Crippen LogP contribution < -0.4 is 5.32 Å². The SMILES string of the molecule is CSc1ccc(/C=C/C(=O)O[C@H](C)C(=O)NC2CCCCCC2)cc1. The number of rotatable bonds is 6. The minimum atomic E-state index is -0.778. The molecule has 5 heteroatoms. The molecule has 0 saturated heterocycles. The van der Waals surface area contributed by atoms with Crippen LogP contribution in [0.5, 0.6) is 0 Å². The molecule has 1 aromatic carbocycles. The topological polar surface area (TPSA) is 55.4 Å². The summed E-state index contributed by atoms with van der Waals surface area (Å²) >= 11 is 1.67. The van der Waals surface area contributed by atoms with Crippen LogP contribution in [0, 0.1) is 0 Å². The van der Waals surface area contributed by atoms with Gasteiger partial charge in [0.15, 0.2) is 6.10 Å². The Hall–Kier alpha value is -1.75. The van der Waals surface area contributed by atoms with E-state index in [0.29, 0.717) is 0 Å². The predicted octanol–water partition coefficient (Wildman–Crippen LogP) is 4.19. The van der Waals surface area contributed by atoms with E-state index < -0.39 is 12.1 Å². The summed E-state index contributed by atoms with van der Waals surface area (Å²) in [6.07, 6.45) is 11.1. The monoisotopic (exact) mass is 361 g/mol. The number of carbonyl (C=O) groups is 2. The molecule has 0 bridgehead atoms. The molecular formula is C20H27NO3S. The predicted molar refractivity (Wildman–Crippen MR) is 102 cm³/mol. The summed E-state index contributed by atoms with van der Waals surface area (Å²) in [6, 6.07) is 8.09. The van der Waals surface area contributed by atoms with E-state index in [4.69, 9.17) is 4.74 Å². The first kappa shape index (κ1) is 19.6. The van der Waals surface area contributed by atoms with E-state index in [1.807, 2.05) is 30.5 Å². The number of benzene rings is 1. The lowest BCUT2D eigenvalue weighted by atomic mass is 10.1. The van der Waals surface area contributed by atoms with E-state index >= 15 is 0 Å². The van der Waals surface area contributed by atoms with Crippen LogP contribution in [0.2, 0.25) is 0 Å². The molecule has 1 saturated carbocycles. The number of amides is 1. The molecule has 1 aliphatic rings. The summed E-state index contributed by atoms with van der Waals surface area (Å²) in [4.78, 5) is 25.3. The Morgan fingerprint density at radius 1 is 1.16 bits per heavy atom. The van der Waals surface area contributed by atoms with Crippen LogP contribution in [0.4, 0.5) is 0 Å². The zero-order chi connectivity index (χ0) is 18.1. The normalized spacial score (nSPS) is 17.0. The van der Waals surface area contributed by atoms with Crippen molar-refractivity contribution in [3.05, 3.63) is 35.9 Å². The molecule has 1 atom stereocenters. The second-order valence-corrected chi connectivity index (χ2v) is 7.26. The van der Waals surface area contributed by atoms with E-state index in [2.05, 4.69) is 5.32 Å². The maximum atomic E-state index is 12.2. The number of hydrogen-bond acceptors (Lipinski definition) is 4. The quantitative estimate of drug-likeness (QED) is 0.357. The second kappa shape index (κ2) is 10.3. The highest BCUT2D eigenvalue weighted by Crippen LogP contribution is 2.17. The minimum absolute atomic E-state index is 0.210. The van der Waals surface area contributed by atoms with Crippen LogP contribution in [-0.4, -0.2) is 30.3 Å². The number of carbonyl (C=O) groups excluding carboxylic acids is 2. The van der Waals surface area contributed by atoms with E-state index in [-0.39, 0.29) is 11.9 Å². The molecule has 0 spiro atoms. The van der Waals surface area contributed by atoms with E-state index in [1.54, 1.807) is 24.8 Å². The average Bonchev–Trinajstić information content (AvgIpc) is 2.89. The molecular weight excluding hydrogens is 334 g/mol. The summed E-state index contributed by atoms with van der Waals surface area (Å²) in [7, 11) is 0. The third-order valence-corrected chi connectivity index (χ3v) is 5.13. The van der Waals surface area contributed by atoms with Crippen LogP contribution in [-0.2, 0) is 14.3 Å². The fourth-order valence-electron chi connectivity index (χ4n) is 2.89. The van der Waals surface area contributed by atoms with Crippen molar-refractivity contribution < 1.29 is 14.3 Å². The number of esters is 1. The largest absolute Gasteiger partial charge is 0.449 e. The molecule has 1 N–H and O–H groups in total. The second-order valence-electron chi connectivity index (χ2n) is 6.38. The van der Waals surface area contributed by atoms with Crippen molar-refractivity contribution in [3.8, 4) is 0 Å². The first-order chi connectivity index (χ1) is 12.1. The van der Waals surface area contributed by atoms with Crippen LogP contribution in [0.3, 0.4) is 0 Å². The summed E-state index contributed by atoms with van der Waals surface area (Å²) in [5.41, 5.74) is 0.922. The summed E-state index contributed by atoms with van der Waals surface area (Å²) in [5, 5.41) is 3.01. The standard InChI is InChI=1S/C20H27NO3S/c1-15(20(23)21-17-7-5-3-4-6-8-17)24-19(22)14-11-16-9-12-18(25-2)13-10-16/h9-15,17H,3-8H2,1-2H3,(H,21,23)/b14-11+/t15-/m1/s1. The lowest BCUT2D eigenvalue weighted by Gasteiger charge is -2.19. The highest BCUT2D eigenvalue weighted by molar-refractivity contribution is 7.98. The van der Waals surface area contributed by atoms with Crippen molar-refractivity contribution in [1.29, 1.82) is 0 Å². The van der Waals surface area contributed by atoms with Gasteiger partial charge in [-0.2, -0.15) is 0 Å². The van der Waals surface area contributed by atoms with Gasteiger partial charge in [0.05, 0.1) is 0 Å². The average molecular weight is 362 g/mol. The van der Waals surface area contributed by atoms with Gasteiger partial charge in [0, 0.05) is 17.0 Å². The molecule has 1 amide bonds. The Morgan fingerprint density at radius 2 is 1.80 bits per heavy atom. The van der Waals surface area contributed by atoms with Gasteiger partial charge >= 0.3 is 5.97 Å². The smallest absolute Gasteiger partial charge is 0.331 e. The molecule has 2 rings (SSSR count). The Balaban J connectivity index is 1.79. The van der Waals surface area contributed by atoms with Gasteiger partial charge < -0.3 is 10.1 Å². The highest BCUT2D eigenvalue weighted by atomic mass is 32.2. The summed E-state index contributed by atoms with van der Waals surface area (Å²) < 4.78 is 5.21. The fourth-order valence-corrected chi connectivity index (χ4v) is 3.30. The number of hydrogen-bond donors (Lipinski definition) is 1. The number of thioether (sulfide) groups is 1. The Labute approximate surface area is 154 Å². The van der Waals surface area contributed by atoms with E-state index in [1.165, 1.54) is 23.8 Å². The molecule has 0 unspecified atom stereocenters. The molecule has 0 radical (unpaired) electrons. The van der Waals surface area contributed by atoms with Crippen molar-refractivity contribution in [1.82, 2.24) is 5.32 Å². The molecule has 25 heavy (non-hydrogen) atoms. The third-order valence-electron chi connectivity index (χ3n) is 4.39. The molecule has 0 heterocycles. The van der Waals surface area contributed by atoms with Gasteiger partial charge in [-0.25, -0.2) is 4.79 Å². The number of nitrogens with one attached hydrogen (secondary N) is 1. The first-order valence-electron chi connectivity index (χ1n) is 8.91. The third kappa shape index (κ3) is 6.94. The van der Waals surface area contributed by atoms with Gasteiger partial charge in [0.25, 0.3) is 5.91 Å². The lowest BCUT2D eigenvalue weighted by molar-refractivity contribution is -0.150. The molecule has 136 valence electrons. The van der Waals surface area contributed by atoms with Crippen molar-refractivity contribution in [2.75, 3.05) is 6.26 Å². The molecule has 1 aromatic rings. The van der Waals surface area contributed by atoms with Gasteiger partial charge in [-0.3, -0.25) is 4.79 Å². The molecule has 1 aliphatic carbocycles. The Bertz CT molecular complexity index is 589. The van der Waals surface area contributed by atoms with Crippen LogP contribution in [0.1, 0.15) is 51.0 Å². The fraction of sp³-hybridized carbons (Fsp3) is 0.500. The maximum Gasteiger partial charge on any atom is 0.331 e. The van der Waals surface area contributed by atoms with Crippen molar-refractivity contribution in [3.63, 3.8) is 0 Å². The number of ether oxygens (including phenoxy) is 1. The Kier molecular flexibility index (Phi) is 8.06. The van der Waals surface area contributed by atoms with Gasteiger partial charge in [-0.15, -0.1) is 11.8 Å². The van der Waals surface area contributed by atoms with Gasteiger partial charge in [-0.05, 0) is 49.8 Å². The van der Waals surface area contributed by atoms with Gasteiger partial charge in [-0.1, -0.05) is 37.8 Å². The van der Waals surface area contributed by atoms with Crippen molar-refractivity contribution in [2.45, 2.75) is 62.5 Å².